The average molecular weight is 571 g/mol. The predicted molar refractivity (Wildman–Crippen MR) is 136 cm³/mol. The molecule has 40 heavy (non-hydrogen) atoms. The smallest absolute Gasteiger partial charge is 0.334 e. The molecule has 0 bridgehead atoms. The highest BCUT2D eigenvalue weighted by molar-refractivity contribution is 5.90. The molecule has 0 radical (unpaired) electrons. The number of esters is 3. The fraction of sp³-hybridized carbons (Fsp3) is 0.821. The van der Waals surface area contributed by atoms with Gasteiger partial charge in [-0.2, -0.15) is 0 Å². The number of hydrogen-bond donors (Lipinski definition) is 3. The molecule has 1 saturated carbocycles. The van der Waals surface area contributed by atoms with Crippen molar-refractivity contribution in [1.29, 1.82) is 0 Å². The maximum atomic E-state index is 12.9. The molecular weight excluding hydrogens is 528 g/mol. The molecule has 226 valence electrons. The summed E-state index contributed by atoms with van der Waals surface area (Å²) >= 11 is 0. The minimum atomic E-state index is -1.62. The van der Waals surface area contributed by atoms with Crippen LogP contribution in [0.3, 0.4) is 0 Å². The van der Waals surface area contributed by atoms with Gasteiger partial charge in [-0.1, -0.05) is 34.3 Å². The first kappa shape index (κ1) is 30.9. The summed E-state index contributed by atoms with van der Waals surface area (Å²) in [5.74, 6) is -2.51. The molecule has 12 nitrogen and oxygen atoms in total. The zero-order valence-electron chi connectivity index (χ0n) is 23.7. The van der Waals surface area contributed by atoms with Crippen LogP contribution in [0.25, 0.3) is 0 Å². The fourth-order valence-electron chi connectivity index (χ4n) is 6.65. The molecule has 0 aromatic rings. The molecule has 4 aliphatic rings. The molecule has 3 aliphatic heterocycles. The van der Waals surface area contributed by atoms with Crippen LogP contribution in [-0.4, -0.2) is 95.6 Å². The SMILES string of the molecule is C=C1C(=O)O[C@H]2C[C@@H](C)[C@@H]3[C@@H](O[C@@H]4O[C@H](COC(C)=O)[C@@H](O)[C@H](O)[C@H]4O)CO[C@@H](OC(=O)[C@H](C)CC)[C@@]3(C)C[C@H]12. The van der Waals surface area contributed by atoms with E-state index in [9.17, 15) is 29.7 Å². The molecule has 3 N–H and O–H groups in total. The van der Waals surface area contributed by atoms with Crippen LogP contribution in [0.1, 0.15) is 53.9 Å². The monoisotopic (exact) mass is 570 g/mol. The number of ether oxygens (including phenoxy) is 6. The first-order chi connectivity index (χ1) is 18.8. The van der Waals surface area contributed by atoms with Gasteiger partial charge in [0.15, 0.2) is 6.29 Å². The number of fused-ring (bicyclic) bond motifs is 2. The van der Waals surface area contributed by atoms with Crippen molar-refractivity contribution in [3.05, 3.63) is 12.2 Å². The summed E-state index contributed by atoms with van der Waals surface area (Å²) in [7, 11) is 0. The largest absolute Gasteiger partial charge is 0.463 e. The Kier molecular flexibility index (Phi) is 9.28. The highest BCUT2D eigenvalue weighted by Crippen LogP contribution is 2.55. The van der Waals surface area contributed by atoms with Gasteiger partial charge < -0.3 is 43.7 Å². The predicted octanol–water partition coefficient (Wildman–Crippen LogP) is 0.838. The van der Waals surface area contributed by atoms with Gasteiger partial charge in [0.2, 0.25) is 6.29 Å². The Bertz CT molecular complexity index is 984. The maximum absolute atomic E-state index is 12.9. The molecule has 3 heterocycles. The van der Waals surface area contributed by atoms with E-state index in [2.05, 4.69) is 6.58 Å². The van der Waals surface area contributed by atoms with Crippen molar-refractivity contribution in [3.8, 4) is 0 Å². The number of aliphatic hydroxyl groups excluding tert-OH is 3. The van der Waals surface area contributed by atoms with Gasteiger partial charge in [-0.25, -0.2) is 4.79 Å². The van der Waals surface area contributed by atoms with E-state index in [-0.39, 0.29) is 36.9 Å². The van der Waals surface area contributed by atoms with Gasteiger partial charge in [0.05, 0.1) is 18.6 Å². The standard InChI is InChI=1S/C28H42O12/c1-7-12(2)24(33)40-27-28(6)9-16-14(4)25(34)37-17(16)8-13(3)20(28)18(10-36-27)38-26-23(32)22(31)21(30)19(39-26)11-35-15(5)29/h12-13,16-23,26-27,30-32H,4,7-11H2,1-3,5-6H3/t12-,13-,16-,17+,18+,19-,20-,21-,22+,23-,26-,27+,28+/m1/s1. The fourth-order valence-corrected chi connectivity index (χ4v) is 6.65. The van der Waals surface area contributed by atoms with Crippen LogP contribution < -0.4 is 0 Å². The van der Waals surface area contributed by atoms with Crippen molar-refractivity contribution in [1.82, 2.24) is 0 Å². The summed E-state index contributed by atoms with van der Waals surface area (Å²) in [6.07, 6.45) is -7.80. The number of carbonyl (C=O) groups excluding carboxylic acids is 3. The van der Waals surface area contributed by atoms with Gasteiger partial charge >= 0.3 is 17.9 Å². The Hall–Kier alpha value is -2.09. The van der Waals surface area contributed by atoms with Crippen molar-refractivity contribution in [3.63, 3.8) is 0 Å². The van der Waals surface area contributed by atoms with Crippen molar-refractivity contribution >= 4 is 17.9 Å². The highest BCUT2D eigenvalue weighted by Gasteiger charge is 2.60. The Morgan fingerprint density at radius 2 is 1.90 bits per heavy atom. The summed E-state index contributed by atoms with van der Waals surface area (Å²) in [5.41, 5.74) is -0.484. The molecule has 1 aliphatic carbocycles. The van der Waals surface area contributed by atoms with Gasteiger partial charge in [0, 0.05) is 29.7 Å². The topological polar surface area (TPSA) is 167 Å². The molecule has 4 rings (SSSR count). The van der Waals surface area contributed by atoms with Gasteiger partial charge in [-0.3, -0.25) is 9.59 Å². The normalized spacial score (nSPS) is 44.0. The molecule has 3 saturated heterocycles. The van der Waals surface area contributed by atoms with Crippen molar-refractivity contribution in [2.45, 2.75) is 103 Å². The summed E-state index contributed by atoms with van der Waals surface area (Å²) in [6.45, 7) is 12.4. The van der Waals surface area contributed by atoms with Gasteiger partial charge in [0.25, 0.3) is 0 Å². The molecular formula is C28H42O12. The van der Waals surface area contributed by atoms with Crippen LogP contribution in [0.4, 0.5) is 0 Å². The second-order valence-corrected chi connectivity index (χ2v) is 11.9. The third-order valence-corrected chi connectivity index (χ3v) is 9.07. The Balaban J connectivity index is 1.62. The number of hydrogen-bond acceptors (Lipinski definition) is 12. The minimum Gasteiger partial charge on any atom is -0.463 e. The van der Waals surface area contributed by atoms with E-state index >= 15 is 0 Å². The summed E-state index contributed by atoms with van der Waals surface area (Å²) in [5, 5.41) is 31.6. The lowest BCUT2D eigenvalue weighted by Crippen LogP contribution is -2.62. The molecule has 4 fully saturated rings. The summed E-state index contributed by atoms with van der Waals surface area (Å²) < 4.78 is 34.7. The van der Waals surface area contributed by atoms with E-state index in [0.29, 0.717) is 24.8 Å². The second-order valence-electron chi connectivity index (χ2n) is 11.9. The summed E-state index contributed by atoms with van der Waals surface area (Å²) in [4.78, 5) is 36.5. The summed E-state index contributed by atoms with van der Waals surface area (Å²) in [6, 6.07) is 0. The quantitative estimate of drug-likeness (QED) is 0.224. The van der Waals surface area contributed by atoms with Crippen molar-refractivity contribution in [2.75, 3.05) is 13.2 Å². The van der Waals surface area contributed by atoms with Gasteiger partial charge in [-0.05, 0) is 25.2 Å². The highest BCUT2D eigenvalue weighted by atomic mass is 16.7. The minimum absolute atomic E-state index is 0.0149. The third kappa shape index (κ3) is 5.79. The zero-order chi connectivity index (χ0) is 29.5. The first-order valence-electron chi connectivity index (χ1n) is 14.0. The second kappa shape index (κ2) is 12.0. The van der Waals surface area contributed by atoms with Crippen LogP contribution in [0.5, 0.6) is 0 Å². The van der Waals surface area contributed by atoms with Crippen LogP contribution in [0, 0.1) is 29.1 Å². The van der Waals surface area contributed by atoms with E-state index in [1.807, 2.05) is 20.8 Å². The molecule has 0 unspecified atom stereocenters. The van der Waals surface area contributed by atoms with Crippen molar-refractivity contribution in [2.24, 2.45) is 29.1 Å². The maximum Gasteiger partial charge on any atom is 0.334 e. The first-order valence-corrected chi connectivity index (χ1v) is 14.0. The van der Waals surface area contributed by atoms with E-state index in [1.165, 1.54) is 6.92 Å². The van der Waals surface area contributed by atoms with Crippen LogP contribution in [0.15, 0.2) is 12.2 Å². The molecule has 13 atom stereocenters. The molecule has 0 aromatic carbocycles. The van der Waals surface area contributed by atoms with Gasteiger partial charge in [0.1, 0.15) is 37.1 Å². The van der Waals surface area contributed by atoms with E-state index in [0.717, 1.165) is 0 Å². The van der Waals surface area contributed by atoms with Gasteiger partial charge in [-0.15, -0.1) is 0 Å². The average Bonchev–Trinajstić information content (AvgIpc) is 3.08. The number of carbonyl (C=O) groups is 3. The van der Waals surface area contributed by atoms with Crippen LogP contribution >= 0.6 is 0 Å². The lowest BCUT2D eigenvalue weighted by Gasteiger charge is -2.52. The third-order valence-electron chi connectivity index (χ3n) is 9.07. The van der Waals surface area contributed by atoms with Crippen LogP contribution in [-0.2, 0) is 42.8 Å². The number of aliphatic hydroxyl groups is 3. The molecule has 0 amide bonds. The van der Waals surface area contributed by atoms with Crippen LogP contribution in [0.2, 0.25) is 0 Å². The Morgan fingerprint density at radius 1 is 1.20 bits per heavy atom. The lowest BCUT2D eigenvalue weighted by atomic mass is 9.64. The lowest BCUT2D eigenvalue weighted by molar-refractivity contribution is -0.345. The van der Waals surface area contributed by atoms with Crippen molar-refractivity contribution < 1.29 is 58.1 Å². The Morgan fingerprint density at radius 3 is 2.55 bits per heavy atom. The van der Waals surface area contributed by atoms with E-state index < -0.39 is 72.5 Å². The van der Waals surface area contributed by atoms with E-state index in [1.54, 1.807) is 6.92 Å². The number of rotatable bonds is 7. The molecule has 12 heteroatoms. The zero-order valence-corrected chi connectivity index (χ0v) is 23.7. The molecule has 0 aromatic heterocycles. The Labute approximate surface area is 233 Å². The molecule has 0 spiro atoms. The van der Waals surface area contributed by atoms with E-state index in [4.69, 9.17) is 28.4 Å².